The minimum atomic E-state index is -3.95. The van der Waals surface area contributed by atoms with Gasteiger partial charge < -0.3 is 15.0 Å². The first-order chi connectivity index (χ1) is 13.7. The molecule has 2 aromatic rings. The van der Waals surface area contributed by atoms with Crippen LogP contribution in [-0.4, -0.2) is 41.6 Å². The van der Waals surface area contributed by atoms with Crippen LogP contribution in [-0.2, 0) is 23.0 Å². The first-order valence-electron chi connectivity index (χ1n) is 8.92. The number of carbonyl (C=O) groups excluding carboxylic acids is 1. The SMILES string of the molecule is Cc1c(S(=O)(=O)NC(C)CO)c2n(c1C(=O)Nc1cc(F)nc(C#N)c1)CCC2. The first-order valence-corrected chi connectivity index (χ1v) is 10.4. The predicted octanol–water partition coefficient (Wildman–Crippen LogP) is 1.06. The third-order valence-electron chi connectivity index (χ3n) is 4.63. The molecule has 0 radical (unpaired) electrons. The minimum absolute atomic E-state index is 0.0269. The summed E-state index contributed by atoms with van der Waals surface area (Å²) in [6, 6.07) is 3.23. The van der Waals surface area contributed by atoms with Gasteiger partial charge in [-0.15, -0.1) is 0 Å². The molecule has 1 aliphatic heterocycles. The van der Waals surface area contributed by atoms with Crippen LogP contribution in [0.2, 0.25) is 0 Å². The maximum Gasteiger partial charge on any atom is 0.272 e. The van der Waals surface area contributed by atoms with E-state index in [-0.39, 0.29) is 34.1 Å². The summed E-state index contributed by atoms with van der Waals surface area (Å²) in [7, 11) is -3.95. The monoisotopic (exact) mass is 421 g/mol. The molecule has 0 aromatic carbocycles. The molecule has 0 saturated carbocycles. The largest absolute Gasteiger partial charge is 0.395 e. The normalized spacial score (nSPS) is 14.3. The van der Waals surface area contributed by atoms with Gasteiger partial charge in [-0.3, -0.25) is 4.79 Å². The molecule has 9 nitrogen and oxygen atoms in total. The first kappa shape index (κ1) is 20.9. The molecule has 1 unspecified atom stereocenters. The summed E-state index contributed by atoms with van der Waals surface area (Å²) in [5, 5.41) is 20.6. The Kier molecular flexibility index (Phi) is 5.70. The molecule has 0 saturated heterocycles. The zero-order chi connectivity index (χ0) is 21.3. The number of fused-ring (bicyclic) bond motifs is 1. The lowest BCUT2D eigenvalue weighted by molar-refractivity contribution is 0.101. The predicted molar refractivity (Wildman–Crippen MR) is 101 cm³/mol. The number of nitrogens with zero attached hydrogens (tertiary/aromatic N) is 3. The van der Waals surface area contributed by atoms with Crippen molar-refractivity contribution in [3.05, 3.63) is 40.7 Å². The van der Waals surface area contributed by atoms with E-state index in [1.165, 1.54) is 19.9 Å². The third-order valence-corrected chi connectivity index (χ3v) is 6.42. The van der Waals surface area contributed by atoms with Crippen LogP contribution >= 0.6 is 0 Å². The molecule has 11 heteroatoms. The summed E-state index contributed by atoms with van der Waals surface area (Å²) in [4.78, 5) is 16.3. The van der Waals surface area contributed by atoms with E-state index in [9.17, 15) is 22.7 Å². The number of anilines is 1. The van der Waals surface area contributed by atoms with Gasteiger partial charge in [0.2, 0.25) is 16.0 Å². The maximum atomic E-state index is 13.6. The molecular weight excluding hydrogens is 401 g/mol. The fourth-order valence-electron chi connectivity index (χ4n) is 3.51. The Morgan fingerprint density at radius 3 is 2.86 bits per heavy atom. The fourth-order valence-corrected chi connectivity index (χ4v) is 5.26. The van der Waals surface area contributed by atoms with E-state index in [1.807, 2.05) is 0 Å². The van der Waals surface area contributed by atoms with Crippen LogP contribution in [0.5, 0.6) is 0 Å². The van der Waals surface area contributed by atoms with Crippen LogP contribution in [0, 0.1) is 24.2 Å². The topological polar surface area (TPSA) is 137 Å². The van der Waals surface area contributed by atoms with E-state index in [2.05, 4.69) is 15.0 Å². The van der Waals surface area contributed by atoms with Crippen molar-refractivity contribution >= 4 is 21.6 Å². The van der Waals surface area contributed by atoms with Crippen molar-refractivity contribution in [2.45, 2.75) is 44.2 Å². The summed E-state index contributed by atoms with van der Waals surface area (Å²) in [5.41, 5.74) is 0.797. The smallest absolute Gasteiger partial charge is 0.272 e. The number of rotatable bonds is 6. The number of hydrogen-bond acceptors (Lipinski definition) is 6. The van der Waals surface area contributed by atoms with Gasteiger partial charge in [-0.1, -0.05) is 0 Å². The van der Waals surface area contributed by atoms with Gasteiger partial charge in [-0.2, -0.15) is 9.65 Å². The summed E-state index contributed by atoms with van der Waals surface area (Å²) < 4.78 is 43.3. The van der Waals surface area contributed by atoms with Gasteiger partial charge in [0.05, 0.1) is 6.61 Å². The number of pyridine rings is 1. The maximum absolute atomic E-state index is 13.6. The van der Waals surface area contributed by atoms with Gasteiger partial charge in [0.25, 0.3) is 5.91 Å². The zero-order valence-corrected chi connectivity index (χ0v) is 16.7. The fraction of sp³-hybridized carbons (Fsp3) is 0.389. The molecule has 1 atom stereocenters. The molecule has 3 rings (SSSR count). The van der Waals surface area contributed by atoms with Crippen LogP contribution in [0.1, 0.15) is 40.8 Å². The molecule has 154 valence electrons. The number of aromatic nitrogens is 2. The van der Waals surface area contributed by atoms with Gasteiger partial charge in [0, 0.05) is 35.6 Å². The molecule has 2 aromatic heterocycles. The number of nitrogens with one attached hydrogen (secondary N) is 2. The number of nitriles is 1. The number of amides is 1. The van der Waals surface area contributed by atoms with E-state index in [0.29, 0.717) is 25.1 Å². The van der Waals surface area contributed by atoms with E-state index in [4.69, 9.17) is 5.26 Å². The summed E-state index contributed by atoms with van der Waals surface area (Å²) in [5.74, 6) is -1.53. The number of aliphatic hydroxyl groups is 1. The van der Waals surface area contributed by atoms with Gasteiger partial charge in [0.15, 0.2) is 0 Å². The van der Waals surface area contributed by atoms with Crippen LogP contribution in [0.25, 0.3) is 0 Å². The molecule has 3 heterocycles. The van der Waals surface area contributed by atoms with E-state index in [0.717, 1.165) is 6.07 Å². The number of sulfonamides is 1. The van der Waals surface area contributed by atoms with Gasteiger partial charge in [-0.25, -0.2) is 18.1 Å². The minimum Gasteiger partial charge on any atom is -0.395 e. The third kappa shape index (κ3) is 4.00. The van der Waals surface area contributed by atoms with E-state index in [1.54, 1.807) is 10.6 Å². The summed E-state index contributed by atoms with van der Waals surface area (Å²) in [6.45, 7) is 3.17. The highest BCUT2D eigenvalue weighted by Crippen LogP contribution is 2.33. The Morgan fingerprint density at radius 1 is 1.48 bits per heavy atom. The number of carbonyl (C=O) groups is 1. The Labute approximate surface area is 167 Å². The Bertz CT molecular complexity index is 1120. The second kappa shape index (κ2) is 7.90. The molecule has 3 N–H and O–H groups in total. The van der Waals surface area contributed by atoms with Gasteiger partial charge >= 0.3 is 0 Å². The average molecular weight is 421 g/mol. The van der Waals surface area contributed by atoms with Gasteiger partial charge in [0.1, 0.15) is 22.4 Å². The number of aliphatic hydroxyl groups excluding tert-OH is 1. The second-order valence-electron chi connectivity index (χ2n) is 6.84. The Morgan fingerprint density at radius 2 is 2.21 bits per heavy atom. The standard InChI is InChI=1S/C18H20FN5O4S/c1-10(9-25)23-29(27,28)17-11(2)16(24-5-3-4-14(17)24)18(26)22-12-6-13(8-20)21-15(19)7-12/h6-7,10,23,25H,3-5,9H2,1-2H3,(H,21,22,26). The zero-order valence-electron chi connectivity index (χ0n) is 15.9. The van der Waals surface area contributed by atoms with Gasteiger partial charge in [-0.05, 0) is 32.8 Å². The lowest BCUT2D eigenvalue weighted by atomic mass is 10.2. The lowest BCUT2D eigenvalue weighted by Gasteiger charge is -2.12. The molecule has 0 fully saturated rings. The van der Waals surface area contributed by atoms with Crippen molar-refractivity contribution < 1.29 is 22.7 Å². The second-order valence-corrected chi connectivity index (χ2v) is 8.49. The molecule has 1 aliphatic rings. The van der Waals surface area contributed by atoms with Crippen LogP contribution in [0.3, 0.4) is 0 Å². The van der Waals surface area contributed by atoms with Crippen molar-refractivity contribution in [2.24, 2.45) is 0 Å². The van der Waals surface area contributed by atoms with Crippen LogP contribution < -0.4 is 10.0 Å². The highest BCUT2D eigenvalue weighted by Gasteiger charge is 2.34. The molecular formula is C18H20FN5O4S. The van der Waals surface area contributed by atoms with Crippen molar-refractivity contribution in [3.8, 4) is 6.07 Å². The molecule has 0 spiro atoms. The highest BCUT2D eigenvalue weighted by atomic mass is 32.2. The Hall–Kier alpha value is -2.81. The van der Waals surface area contributed by atoms with Crippen molar-refractivity contribution in [2.75, 3.05) is 11.9 Å². The highest BCUT2D eigenvalue weighted by molar-refractivity contribution is 7.89. The molecule has 0 bridgehead atoms. The quantitative estimate of drug-likeness (QED) is 0.597. The van der Waals surface area contributed by atoms with Crippen LogP contribution in [0.15, 0.2) is 17.0 Å². The average Bonchev–Trinajstić information content (AvgIpc) is 3.19. The number of halogens is 1. The van der Waals surface area contributed by atoms with Crippen LogP contribution in [0.4, 0.5) is 10.1 Å². The number of hydrogen-bond donors (Lipinski definition) is 3. The van der Waals surface area contributed by atoms with E-state index >= 15 is 0 Å². The Balaban J connectivity index is 2.02. The summed E-state index contributed by atoms with van der Waals surface area (Å²) >= 11 is 0. The molecule has 1 amide bonds. The van der Waals surface area contributed by atoms with E-state index < -0.39 is 27.9 Å². The van der Waals surface area contributed by atoms with Crippen molar-refractivity contribution in [1.29, 1.82) is 5.26 Å². The molecule has 0 aliphatic carbocycles. The lowest BCUT2D eigenvalue weighted by Crippen LogP contribution is -2.35. The molecule has 29 heavy (non-hydrogen) atoms. The van der Waals surface area contributed by atoms with Crippen molar-refractivity contribution in [3.63, 3.8) is 0 Å². The van der Waals surface area contributed by atoms with Crippen molar-refractivity contribution in [1.82, 2.24) is 14.3 Å². The summed E-state index contributed by atoms with van der Waals surface area (Å²) in [6.07, 6.45) is 1.16.